The largest absolute Gasteiger partial charge is 0.508 e. The maximum absolute atomic E-state index is 9.99. The zero-order chi connectivity index (χ0) is 28.1. The predicted octanol–water partition coefficient (Wildman–Crippen LogP) is 6.09. The third kappa shape index (κ3) is 6.21. The van der Waals surface area contributed by atoms with Crippen LogP contribution in [0.15, 0.2) is 73.1 Å². The molecule has 0 bridgehead atoms. The van der Waals surface area contributed by atoms with E-state index in [9.17, 15) is 15.5 Å². The summed E-state index contributed by atoms with van der Waals surface area (Å²) < 4.78 is 12.7. The van der Waals surface area contributed by atoms with Gasteiger partial charge in [0, 0.05) is 42.2 Å². The third-order valence-electron chi connectivity index (χ3n) is 6.99. The fraction of sp³-hybridized carbons (Fsp3) is 0.250. The number of ether oxygens (including phenoxy) is 2. The van der Waals surface area contributed by atoms with Gasteiger partial charge >= 0.3 is 0 Å². The predicted molar refractivity (Wildman–Crippen MR) is 153 cm³/mol. The van der Waals surface area contributed by atoms with Gasteiger partial charge in [-0.2, -0.15) is 5.26 Å². The number of fused-ring (bicyclic) bond motifs is 1. The van der Waals surface area contributed by atoms with E-state index in [1.807, 2.05) is 37.3 Å². The van der Waals surface area contributed by atoms with Crippen LogP contribution in [0.4, 0.5) is 0 Å². The minimum Gasteiger partial charge on any atom is -0.508 e. The summed E-state index contributed by atoms with van der Waals surface area (Å²) in [5.74, 6) is 1.34. The number of hydrogen-bond donors (Lipinski definition) is 3. The highest BCUT2D eigenvalue weighted by molar-refractivity contribution is 6.32. The van der Waals surface area contributed by atoms with Crippen molar-refractivity contribution in [2.24, 2.45) is 0 Å². The van der Waals surface area contributed by atoms with Crippen LogP contribution in [0.25, 0.3) is 11.1 Å². The number of aromatic hydroxyl groups is 1. The van der Waals surface area contributed by atoms with Gasteiger partial charge < -0.3 is 25.0 Å². The minimum absolute atomic E-state index is 0.00339. The van der Waals surface area contributed by atoms with E-state index in [-0.39, 0.29) is 31.1 Å². The number of aliphatic hydroxyl groups excluding tert-OH is 1. The maximum Gasteiger partial charge on any atom is 0.142 e. The molecular weight excluding hydrogens is 526 g/mol. The molecule has 0 aliphatic heterocycles. The van der Waals surface area contributed by atoms with Crippen molar-refractivity contribution < 1.29 is 19.7 Å². The fourth-order valence-electron chi connectivity index (χ4n) is 4.91. The molecule has 204 valence electrons. The molecule has 0 fully saturated rings. The van der Waals surface area contributed by atoms with Crippen molar-refractivity contribution in [2.75, 3.05) is 6.61 Å². The molecule has 40 heavy (non-hydrogen) atoms. The molecule has 7 nitrogen and oxygen atoms in total. The molecule has 0 saturated heterocycles. The van der Waals surface area contributed by atoms with Gasteiger partial charge in [0.15, 0.2) is 0 Å². The smallest absolute Gasteiger partial charge is 0.142 e. The Kier molecular flexibility index (Phi) is 8.51. The molecule has 0 saturated carbocycles. The molecule has 5 rings (SSSR count). The van der Waals surface area contributed by atoms with Gasteiger partial charge in [0.25, 0.3) is 0 Å². The molecule has 3 aromatic carbocycles. The molecule has 3 N–H and O–H groups in total. The molecule has 0 amide bonds. The van der Waals surface area contributed by atoms with Crippen LogP contribution >= 0.6 is 11.6 Å². The van der Waals surface area contributed by atoms with E-state index in [4.69, 9.17) is 21.1 Å². The molecular formula is C32H30ClN3O4. The number of hydrogen-bond acceptors (Lipinski definition) is 7. The molecule has 0 spiro atoms. The lowest BCUT2D eigenvalue weighted by atomic mass is 9.96. The maximum atomic E-state index is 9.99. The number of nitriles is 1. The number of benzene rings is 3. The Morgan fingerprint density at radius 2 is 1.98 bits per heavy atom. The third-order valence-corrected chi connectivity index (χ3v) is 7.29. The number of aliphatic hydroxyl groups is 1. The number of rotatable bonds is 10. The molecule has 1 aliphatic carbocycles. The van der Waals surface area contributed by atoms with Gasteiger partial charge in [-0.15, -0.1) is 0 Å². The van der Waals surface area contributed by atoms with Crippen LogP contribution in [-0.4, -0.2) is 27.8 Å². The Morgan fingerprint density at radius 3 is 2.77 bits per heavy atom. The minimum atomic E-state index is -0.187. The van der Waals surface area contributed by atoms with Crippen molar-refractivity contribution in [1.82, 2.24) is 10.3 Å². The van der Waals surface area contributed by atoms with Crippen molar-refractivity contribution in [3.05, 3.63) is 106 Å². The van der Waals surface area contributed by atoms with E-state index in [1.54, 1.807) is 24.4 Å². The lowest BCUT2D eigenvalue weighted by Crippen LogP contribution is -2.28. The van der Waals surface area contributed by atoms with Crippen LogP contribution in [0, 0.1) is 11.3 Å². The van der Waals surface area contributed by atoms with Crippen molar-refractivity contribution in [3.63, 3.8) is 0 Å². The van der Waals surface area contributed by atoms with E-state index in [1.165, 1.54) is 11.8 Å². The first kappa shape index (κ1) is 27.5. The van der Waals surface area contributed by atoms with Gasteiger partial charge in [0.1, 0.15) is 36.0 Å². The molecule has 4 aromatic rings. The van der Waals surface area contributed by atoms with Gasteiger partial charge in [0.05, 0.1) is 17.2 Å². The first-order valence-electron chi connectivity index (χ1n) is 13.2. The Labute approximate surface area is 238 Å². The zero-order valence-corrected chi connectivity index (χ0v) is 22.9. The quantitative estimate of drug-likeness (QED) is 0.217. The van der Waals surface area contributed by atoms with Crippen molar-refractivity contribution in [2.45, 2.75) is 45.1 Å². The number of halogens is 1. The summed E-state index contributed by atoms with van der Waals surface area (Å²) in [6, 6.07) is 20.8. The second kappa shape index (κ2) is 12.4. The summed E-state index contributed by atoms with van der Waals surface area (Å²) in [7, 11) is 0. The van der Waals surface area contributed by atoms with Gasteiger partial charge in [-0.05, 0) is 66.3 Å². The van der Waals surface area contributed by atoms with Gasteiger partial charge in [-0.3, -0.25) is 4.98 Å². The van der Waals surface area contributed by atoms with Crippen molar-refractivity contribution >= 4 is 11.6 Å². The second-order valence-corrected chi connectivity index (χ2v) is 10.3. The van der Waals surface area contributed by atoms with Gasteiger partial charge in [-0.1, -0.05) is 41.9 Å². The number of nitrogens with zero attached hydrogens (tertiary/aromatic N) is 2. The van der Waals surface area contributed by atoms with E-state index in [0.717, 1.165) is 40.7 Å². The average molecular weight is 556 g/mol. The second-order valence-electron chi connectivity index (χ2n) is 9.91. The average Bonchev–Trinajstić information content (AvgIpc) is 3.39. The first-order valence-corrected chi connectivity index (χ1v) is 13.5. The number of aromatic nitrogens is 1. The summed E-state index contributed by atoms with van der Waals surface area (Å²) in [6.07, 6.45) is 4.62. The number of nitrogens with one attached hydrogen (secondary N) is 1. The summed E-state index contributed by atoms with van der Waals surface area (Å²) in [4.78, 5) is 4.11. The molecule has 2 atom stereocenters. The molecule has 0 radical (unpaired) electrons. The Morgan fingerprint density at radius 1 is 1.12 bits per heavy atom. The summed E-state index contributed by atoms with van der Waals surface area (Å²) in [5.41, 5.74) is 6.40. The Bertz CT molecular complexity index is 1550. The lowest BCUT2D eigenvalue weighted by molar-refractivity contribution is 0.205. The summed E-state index contributed by atoms with van der Waals surface area (Å²) >= 11 is 6.73. The topological polar surface area (TPSA) is 108 Å². The summed E-state index contributed by atoms with van der Waals surface area (Å²) in [6.45, 7) is 2.55. The highest BCUT2D eigenvalue weighted by Gasteiger charge is 2.27. The highest BCUT2D eigenvalue weighted by Crippen LogP contribution is 2.43. The van der Waals surface area contributed by atoms with E-state index < -0.39 is 0 Å². The van der Waals surface area contributed by atoms with Gasteiger partial charge in [0.2, 0.25) is 0 Å². The van der Waals surface area contributed by atoms with Crippen LogP contribution in [0.3, 0.4) is 0 Å². The lowest BCUT2D eigenvalue weighted by Gasteiger charge is -2.20. The van der Waals surface area contributed by atoms with E-state index >= 15 is 0 Å². The van der Waals surface area contributed by atoms with Crippen LogP contribution in [-0.2, 0) is 19.6 Å². The Hall–Kier alpha value is -4.09. The van der Waals surface area contributed by atoms with Crippen LogP contribution in [0.5, 0.6) is 17.2 Å². The molecule has 8 heteroatoms. The summed E-state index contributed by atoms with van der Waals surface area (Å²) in [5, 5.41) is 32.4. The first-order chi connectivity index (χ1) is 19.4. The van der Waals surface area contributed by atoms with E-state index in [2.05, 4.69) is 28.5 Å². The van der Waals surface area contributed by atoms with Crippen LogP contribution in [0.2, 0.25) is 5.02 Å². The monoisotopic (exact) mass is 555 g/mol. The molecule has 1 aromatic heterocycles. The normalized spacial score (nSPS) is 14.8. The standard InChI is InChI=1S/C32H30ClN3O4/c1-20(18-37)36-17-24-12-29(33)32(13-31(24)39-19-22-10-21(14-34)15-35-16-22)40-30-9-8-27-26(6-3-7-28(27)30)23-4-2-5-25(38)11-23/h2-7,10-13,15-16,20,30,36-38H,8-9,17-19H2,1H3/t20-,30?/m1/s1. The SMILES string of the molecule is C[C@H](CO)NCc1cc(Cl)c(OC2CCc3c(-c4cccc(O)c4)cccc32)cc1OCc1cncc(C#N)c1. The zero-order valence-electron chi connectivity index (χ0n) is 22.1. The molecule has 1 heterocycles. The van der Waals surface area contributed by atoms with Gasteiger partial charge in [-0.25, -0.2) is 0 Å². The number of phenolic OH excluding ortho intramolecular Hbond substituents is 1. The van der Waals surface area contributed by atoms with Crippen LogP contribution < -0.4 is 14.8 Å². The molecule has 1 aliphatic rings. The fourth-order valence-corrected chi connectivity index (χ4v) is 5.14. The molecule has 1 unspecified atom stereocenters. The van der Waals surface area contributed by atoms with Crippen molar-refractivity contribution in [1.29, 1.82) is 5.26 Å². The number of pyridine rings is 1. The Balaban J connectivity index is 1.41. The van der Waals surface area contributed by atoms with Crippen LogP contribution in [0.1, 0.15) is 47.3 Å². The highest BCUT2D eigenvalue weighted by atomic mass is 35.5. The number of phenols is 1. The van der Waals surface area contributed by atoms with Crippen molar-refractivity contribution in [3.8, 4) is 34.4 Å². The van der Waals surface area contributed by atoms with E-state index in [0.29, 0.717) is 28.6 Å².